The molecule has 110 valence electrons. The van der Waals surface area contributed by atoms with Crippen molar-refractivity contribution in [1.82, 2.24) is 14.6 Å². The van der Waals surface area contributed by atoms with Crippen molar-refractivity contribution >= 4 is 20.9 Å². The van der Waals surface area contributed by atoms with E-state index in [1.807, 2.05) is 0 Å². The van der Waals surface area contributed by atoms with Crippen LogP contribution in [0.1, 0.15) is 22.1 Å². The lowest BCUT2D eigenvalue weighted by molar-refractivity contribution is 0.414. The number of benzene rings is 1. The number of fused-ring (bicyclic) bond motifs is 1. The van der Waals surface area contributed by atoms with Gasteiger partial charge >= 0.3 is 0 Å². The SMILES string of the molecule is [2H]c1c(CS(=O)(=O)NC([2H])([2H])[2H])c([2H])c2c(CC([2H])([2H])N(C)C)c[nH]c2c1[2H]. The summed E-state index contributed by atoms with van der Waals surface area (Å²) in [6.45, 7) is -4.73. The largest absolute Gasteiger partial charge is 0.361 e. The van der Waals surface area contributed by atoms with Crippen molar-refractivity contribution in [3.63, 3.8) is 0 Å². The average Bonchev–Trinajstić information content (AvgIpc) is 2.90. The highest BCUT2D eigenvalue weighted by Gasteiger charge is 2.11. The van der Waals surface area contributed by atoms with Gasteiger partial charge in [0.15, 0.2) is 0 Å². The Bertz CT molecular complexity index is 998. The average molecular weight is 303 g/mol. The second-order valence-corrected chi connectivity index (χ2v) is 6.23. The summed E-state index contributed by atoms with van der Waals surface area (Å²) >= 11 is 0. The molecule has 6 heteroatoms. The van der Waals surface area contributed by atoms with E-state index in [4.69, 9.17) is 11.0 Å². The summed E-state index contributed by atoms with van der Waals surface area (Å²) in [5.41, 5.74) is 0.166. The van der Waals surface area contributed by atoms with Crippen LogP contribution >= 0.6 is 0 Å². The van der Waals surface area contributed by atoms with Crippen LogP contribution in [0.5, 0.6) is 0 Å². The molecule has 0 saturated heterocycles. The minimum absolute atomic E-state index is 0.129. The van der Waals surface area contributed by atoms with E-state index >= 15 is 0 Å². The van der Waals surface area contributed by atoms with Gasteiger partial charge in [-0.1, -0.05) is 6.04 Å². The van der Waals surface area contributed by atoms with Crippen molar-refractivity contribution in [1.29, 1.82) is 0 Å². The summed E-state index contributed by atoms with van der Waals surface area (Å²) in [5, 5.41) is 0.144. The van der Waals surface area contributed by atoms with Crippen LogP contribution in [0.4, 0.5) is 0 Å². The van der Waals surface area contributed by atoms with Gasteiger partial charge in [0.1, 0.15) is 0 Å². The molecule has 0 fully saturated rings. The number of rotatable bonds is 6. The molecule has 0 atom stereocenters. The molecular formula is C14H21N3O2S. The maximum absolute atomic E-state index is 12.1. The van der Waals surface area contributed by atoms with Gasteiger partial charge in [-0.2, -0.15) is 0 Å². The van der Waals surface area contributed by atoms with Crippen molar-refractivity contribution in [2.75, 3.05) is 27.6 Å². The molecular weight excluding hydrogens is 274 g/mol. The van der Waals surface area contributed by atoms with Crippen LogP contribution in [0.3, 0.4) is 0 Å². The van der Waals surface area contributed by atoms with Gasteiger partial charge in [-0.25, -0.2) is 13.1 Å². The number of H-pyrrole nitrogens is 1. The van der Waals surface area contributed by atoms with E-state index in [-0.39, 0.29) is 35.0 Å². The Kier molecular flexibility index (Phi) is 2.26. The number of aryl methyl sites for hydroxylation is 1. The Balaban J connectivity index is 2.62. The quantitative estimate of drug-likeness (QED) is 0.846. The minimum Gasteiger partial charge on any atom is -0.361 e. The molecule has 5 nitrogen and oxygen atoms in total. The van der Waals surface area contributed by atoms with E-state index in [0.29, 0.717) is 5.56 Å². The number of hydrogen-bond acceptors (Lipinski definition) is 3. The number of nitrogens with one attached hydrogen (secondary N) is 2. The fourth-order valence-electron chi connectivity index (χ4n) is 1.71. The molecule has 2 aromatic rings. The van der Waals surface area contributed by atoms with E-state index in [2.05, 4.69) is 4.98 Å². The number of sulfonamides is 1. The first-order chi connectivity index (χ1) is 12.6. The predicted molar refractivity (Wildman–Crippen MR) is 82.2 cm³/mol. The van der Waals surface area contributed by atoms with E-state index in [1.165, 1.54) is 15.8 Å². The Morgan fingerprint density at radius 1 is 1.50 bits per heavy atom. The summed E-state index contributed by atoms with van der Waals surface area (Å²) in [6.07, 6.45) is 1.29. The predicted octanol–water partition coefficient (Wildman–Crippen LogP) is 1.32. The molecule has 0 unspecified atom stereocenters. The van der Waals surface area contributed by atoms with Gasteiger partial charge in [-0.15, -0.1) is 0 Å². The number of likely N-dealkylation sites (N-methyl/N-ethyl adjacent to an activating group) is 1. The molecule has 1 aromatic heterocycles. The van der Waals surface area contributed by atoms with Gasteiger partial charge in [0.2, 0.25) is 10.0 Å². The van der Waals surface area contributed by atoms with Crippen molar-refractivity contribution in [2.45, 2.75) is 12.2 Å². The number of nitrogens with zero attached hydrogens (tertiary/aromatic N) is 1. The third-order valence-electron chi connectivity index (χ3n) is 2.65. The summed E-state index contributed by atoms with van der Waals surface area (Å²) in [5.74, 6) is -0.948. The summed E-state index contributed by atoms with van der Waals surface area (Å²) in [4.78, 5) is 4.11. The van der Waals surface area contributed by atoms with Gasteiger partial charge in [0, 0.05) is 30.5 Å². The van der Waals surface area contributed by atoms with Crippen LogP contribution in [-0.4, -0.2) is 45.9 Å². The second-order valence-electron chi connectivity index (χ2n) is 4.51. The van der Waals surface area contributed by atoms with Crippen molar-refractivity contribution in [2.24, 2.45) is 0 Å². The molecule has 0 aliphatic carbocycles. The molecule has 0 radical (unpaired) electrons. The van der Waals surface area contributed by atoms with E-state index in [9.17, 15) is 8.42 Å². The van der Waals surface area contributed by atoms with Crippen LogP contribution in [0.2, 0.25) is 0 Å². The van der Waals surface area contributed by atoms with Gasteiger partial charge in [0.05, 0.1) is 9.87 Å². The molecule has 0 bridgehead atoms. The molecule has 0 spiro atoms. The Hall–Kier alpha value is -1.37. The van der Waals surface area contributed by atoms with Crippen molar-refractivity contribution in [3.8, 4) is 0 Å². The minimum atomic E-state index is -4.40. The topological polar surface area (TPSA) is 65.2 Å². The molecule has 0 aliphatic heterocycles. The first-order valence-electron chi connectivity index (χ1n) is 9.83. The van der Waals surface area contributed by atoms with Gasteiger partial charge in [0.25, 0.3) is 0 Å². The zero-order valence-corrected chi connectivity index (χ0v) is 12.0. The smallest absolute Gasteiger partial charge is 0.215 e. The summed E-state index contributed by atoms with van der Waals surface area (Å²) < 4.78 is 87.5. The third-order valence-corrected chi connectivity index (χ3v) is 3.63. The molecule has 20 heavy (non-hydrogen) atoms. The molecule has 0 aliphatic rings. The zero-order valence-electron chi connectivity index (χ0n) is 19.2. The first-order valence-corrected chi connectivity index (χ1v) is 7.48. The van der Waals surface area contributed by atoms with E-state index in [1.54, 1.807) is 14.1 Å². The Morgan fingerprint density at radius 3 is 3.00 bits per heavy atom. The highest BCUT2D eigenvalue weighted by atomic mass is 32.2. The highest BCUT2D eigenvalue weighted by molar-refractivity contribution is 7.88. The molecule has 2 N–H and O–H groups in total. The molecule has 0 saturated carbocycles. The third kappa shape index (κ3) is 3.59. The second kappa shape index (κ2) is 5.95. The fourth-order valence-corrected chi connectivity index (χ4v) is 2.30. The van der Waals surface area contributed by atoms with Crippen molar-refractivity contribution < 1.29 is 19.4 Å². The standard InChI is InChI=1S/C14H21N3O2S/c1-15-20(18,19)10-11-4-5-14-13(8-11)12(9-16-14)6-7-17(2)3/h4-5,8-9,15-16H,6-7,10H2,1-3H3/i1D3,4D,5D,7D2,8D. The lowest BCUT2D eigenvalue weighted by atomic mass is 10.1. The van der Waals surface area contributed by atoms with Crippen LogP contribution in [0.25, 0.3) is 10.9 Å². The van der Waals surface area contributed by atoms with E-state index < -0.39 is 35.3 Å². The maximum atomic E-state index is 12.1. The maximum Gasteiger partial charge on any atom is 0.215 e. The lowest BCUT2D eigenvalue weighted by Crippen LogP contribution is -2.20. The lowest BCUT2D eigenvalue weighted by Gasteiger charge is -2.08. The Morgan fingerprint density at radius 2 is 2.30 bits per heavy atom. The molecule has 2 rings (SSSR count). The van der Waals surface area contributed by atoms with Crippen LogP contribution in [-0.2, 0) is 22.2 Å². The van der Waals surface area contributed by atoms with E-state index in [0.717, 1.165) is 0 Å². The Labute approximate surface area is 131 Å². The van der Waals surface area contributed by atoms with Crippen LogP contribution < -0.4 is 4.72 Å². The molecule has 1 heterocycles. The summed E-state index contributed by atoms with van der Waals surface area (Å²) in [7, 11) is -1.30. The van der Waals surface area contributed by atoms with Gasteiger partial charge in [-0.3, -0.25) is 0 Å². The van der Waals surface area contributed by atoms with Gasteiger partial charge in [-0.05, 0) is 50.7 Å². The van der Waals surface area contributed by atoms with Crippen molar-refractivity contribution in [3.05, 3.63) is 35.5 Å². The molecule has 1 aromatic carbocycles. The summed E-state index contributed by atoms with van der Waals surface area (Å²) in [6, 6.07) is -1.20. The zero-order chi connectivity index (χ0) is 21.7. The fraction of sp³-hybridized carbons (Fsp3) is 0.429. The highest BCUT2D eigenvalue weighted by Crippen LogP contribution is 2.21. The normalized spacial score (nSPS) is 19.6. The number of aromatic amines is 1. The molecule has 0 amide bonds. The van der Waals surface area contributed by atoms with Gasteiger partial charge < -0.3 is 9.88 Å². The monoisotopic (exact) mass is 303 g/mol. The van der Waals surface area contributed by atoms with Crippen LogP contribution in [0.15, 0.2) is 24.3 Å². The van der Waals surface area contributed by atoms with Crippen LogP contribution in [0, 0.1) is 0 Å². The first kappa shape index (κ1) is 7.59. The number of hydrogen-bond donors (Lipinski definition) is 2. The number of aromatic nitrogens is 1.